The van der Waals surface area contributed by atoms with Crippen LogP contribution >= 0.6 is 0 Å². The summed E-state index contributed by atoms with van der Waals surface area (Å²) in [5, 5.41) is 11.7. The predicted molar refractivity (Wildman–Crippen MR) is 70.4 cm³/mol. The third-order valence-electron chi connectivity index (χ3n) is 2.71. The number of carbonyl (C=O) groups excluding carboxylic acids is 1. The molecule has 0 heterocycles. The van der Waals surface area contributed by atoms with E-state index in [2.05, 4.69) is 5.32 Å². The molecule has 0 aliphatic carbocycles. The summed E-state index contributed by atoms with van der Waals surface area (Å²) in [7, 11) is 0. The van der Waals surface area contributed by atoms with Gasteiger partial charge in [-0.2, -0.15) is 0 Å². The van der Waals surface area contributed by atoms with Crippen molar-refractivity contribution in [3.05, 3.63) is 30.1 Å². The molecule has 1 atom stereocenters. The first-order valence-corrected chi connectivity index (χ1v) is 6.44. The number of rotatable bonds is 8. The van der Waals surface area contributed by atoms with E-state index in [0.717, 1.165) is 0 Å². The van der Waals surface area contributed by atoms with Gasteiger partial charge >= 0.3 is 0 Å². The lowest BCUT2D eigenvalue weighted by Gasteiger charge is -2.13. The minimum Gasteiger partial charge on any atom is -0.494 e. The van der Waals surface area contributed by atoms with Crippen LogP contribution in [-0.4, -0.2) is 30.3 Å². The Kier molecular flexibility index (Phi) is 6.89. The Bertz CT molecular complexity index is 377. The molecule has 1 unspecified atom stereocenters. The fourth-order valence-corrected chi connectivity index (χ4v) is 1.53. The fourth-order valence-electron chi connectivity index (χ4n) is 1.53. The second-order valence-corrected chi connectivity index (χ2v) is 4.26. The highest BCUT2D eigenvalue weighted by Crippen LogP contribution is 2.11. The van der Waals surface area contributed by atoms with Gasteiger partial charge in [-0.15, -0.1) is 0 Å². The number of hydrogen-bond acceptors (Lipinski definition) is 3. The van der Waals surface area contributed by atoms with E-state index < -0.39 is 0 Å². The Hall–Kier alpha value is -1.62. The molecule has 0 radical (unpaired) electrons. The summed E-state index contributed by atoms with van der Waals surface area (Å²) in [6, 6.07) is 5.58. The van der Waals surface area contributed by atoms with Crippen molar-refractivity contribution in [2.75, 3.05) is 13.2 Å². The summed E-state index contributed by atoms with van der Waals surface area (Å²) in [6.45, 7) is 2.25. The van der Waals surface area contributed by atoms with Gasteiger partial charge in [-0.05, 0) is 37.1 Å². The number of aliphatic hydroxyl groups is 1. The number of benzene rings is 1. The normalized spacial score (nSPS) is 11.9. The van der Waals surface area contributed by atoms with E-state index in [0.29, 0.717) is 31.6 Å². The highest BCUT2D eigenvalue weighted by Gasteiger charge is 2.08. The second-order valence-electron chi connectivity index (χ2n) is 4.26. The van der Waals surface area contributed by atoms with Gasteiger partial charge in [-0.3, -0.25) is 4.79 Å². The molecule has 1 aromatic carbocycles. The van der Waals surface area contributed by atoms with Crippen LogP contribution in [0.5, 0.6) is 5.75 Å². The summed E-state index contributed by atoms with van der Waals surface area (Å²) < 4.78 is 18.0. The fraction of sp³-hybridized carbons (Fsp3) is 0.500. The van der Waals surface area contributed by atoms with E-state index >= 15 is 0 Å². The van der Waals surface area contributed by atoms with Crippen LogP contribution in [0.1, 0.15) is 26.2 Å². The standard InChI is InChI=1S/C14H20FNO3/c1-2-12(10-17)16-14(18)4-3-9-19-13-7-5-11(15)6-8-13/h5-8,12,17H,2-4,9-10H2,1H3,(H,16,18). The van der Waals surface area contributed by atoms with Crippen molar-refractivity contribution in [3.63, 3.8) is 0 Å². The number of halogens is 1. The smallest absolute Gasteiger partial charge is 0.220 e. The molecule has 0 bridgehead atoms. The Labute approximate surface area is 112 Å². The largest absolute Gasteiger partial charge is 0.494 e. The molecule has 0 aromatic heterocycles. The highest BCUT2D eigenvalue weighted by molar-refractivity contribution is 5.76. The SMILES string of the molecule is CCC(CO)NC(=O)CCCOc1ccc(F)cc1. The maximum Gasteiger partial charge on any atom is 0.220 e. The molecule has 1 rings (SSSR count). The number of ether oxygens (including phenoxy) is 1. The number of carbonyl (C=O) groups is 1. The van der Waals surface area contributed by atoms with Crippen molar-refractivity contribution in [1.29, 1.82) is 0 Å². The topological polar surface area (TPSA) is 58.6 Å². The van der Waals surface area contributed by atoms with Gasteiger partial charge in [-0.25, -0.2) is 4.39 Å². The zero-order valence-electron chi connectivity index (χ0n) is 11.1. The molecule has 0 fully saturated rings. The summed E-state index contributed by atoms with van der Waals surface area (Å²) in [6.07, 6.45) is 1.62. The van der Waals surface area contributed by atoms with Crippen LogP contribution in [0.4, 0.5) is 4.39 Å². The van der Waals surface area contributed by atoms with E-state index in [4.69, 9.17) is 9.84 Å². The molecule has 2 N–H and O–H groups in total. The molecule has 0 aliphatic heterocycles. The zero-order valence-corrected chi connectivity index (χ0v) is 11.1. The Balaban J connectivity index is 2.16. The van der Waals surface area contributed by atoms with Crippen LogP contribution in [0.25, 0.3) is 0 Å². The molecular formula is C14H20FNO3. The van der Waals surface area contributed by atoms with Gasteiger partial charge < -0.3 is 15.2 Å². The third kappa shape index (κ3) is 6.20. The average Bonchev–Trinajstić information content (AvgIpc) is 2.43. The van der Waals surface area contributed by atoms with Crippen molar-refractivity contribution in [2.24, 2.45) is 0 Å². The van der Waals surface area contributed by atoms with Crippen LogP contribution in [0.15, 0.2) is 24.3 Å². The maximum atomic E-state index is 12.6. The summed E-state index contributed by atoms with van der Waals surface area (Å²) in [5.74, 6) is 0.188. The second kappa shape index (κ2) is 8.48. The average molecular weight is 269 g/mol. The van der Waals surface area contributed by atoms with Crippen LogP contribution in [0.3, 0.4) is 0 Å². The number of nitrogens with one attached hydrogen (secondary N) is 1. The van der Waals surface area contributed by atoms with Gasteiger partial charge in [-0.1, -0.05) is 6.92 Å². The van der Waals surface area contributed by atoms with Gasteiger partial charge in [0.15, 0.2) is 0 Å². The quantitative estimate of drug-likeness (QED) is 0.708. The van der Waals surface area contributed by atoms with Crippen LogP contribution in [0, 0.1) is 5.82 Å². The number of hydrogen-bond donors (Lipinski definition) is 2. The van der Waals surface area contributed by atoms with Gasteiger partial charge in [0.1, 0.15) is 11.6 Å². The first-order chi connectivity index (χ1) is 9.15. The molecule has 4 nitrogen and oxygen atoms in total. The predicted octanol–water partition coefficient (Wildman–Crippen LogP) is 1.87. The third-order valence-corrected chi connectivity index (χ3v) is 2.71. The Morgan fingerprint density at radius 1 is 1.42 bits per heavy atom. The molecule has 19 heavy (non-hydrogen) atoms. The highest BCUT2D eigenvalue weighted by atomic mass is 19.1. The van der Waals surface area contributed by atoms with E-state index in [-0.39, 0.29) is 24.4 Å². The molecule has 0 saturated carbocycles. The molecule has 5 heteroatoms. The van der Waals surface area contributed by atoms with Crippen molar-refractivity contribution >= 4 is 5.91 Å². The van der Waals surface area contributed by atoms with Crippen LogP contribution < -0.4 is 10.1 Å². The monoisotopic (exact) mass is 269 g/mol. The van der Waals surface area contributed by atoms with Crippen LogP contribution in [0.2, 0.25) is 0 Å². The van der Waals surface area contributed by atoms with Gasteiger partial charge in [0, 0.05) is 6.42 Å². The Morgan fingerprint density at radius 2 is 2.11 bits per heavy atom. The van der Waals surface area contributed by atoms with Gasteiger partial charge in [0.05, 0.1) is 19.3 Å². The minimum atomic E-state index is -0.304. The molecular weight excluding hydrogens is 249 g/mol. The van der Waals surface area contributed by atoms with E-state index in [9.17, 15) is 9.18 Å². The van der Waals surface area contributed by atoms with E-state index in [1.54, 1.807) is 12.1 Å². The first kappa shape index (κ1) is 15.4. The number of amides is 1. The lowest BCUT2D eigenvalue weighted by Crippen LogP contribution is -2.36. The first-order valence-electron chi connectivity index (χ1n) is 6.44. The molecule has 0 spiro atoms. The molecule has 0 saturated heterocycles. The summed E-state index contributed by atoms with van der Waals surface area (Å²) in [5.41, 5.74) is 0. The molecule has 106 valence electrons. The van der Waals surface area contributed by atoms with E-state index in [1.807, 2.05) is 6.92 Å². The van der Waals surface area contributed by atoms with Crippen molar-refractivity contribution in [1.82, 2.24) is 5.32 Å². The maximum absolute atomic E-state index is 12.6. The molecule has 1 aromatic rings. The van der Waals surface area contributed by atoms with E-state index in [1.165, 1.54) is 12.1 Å². The molecule has 0 aliphatic rings. The van der Waals surface area contributed by atoms with Gasteiger partial charge in [0.2, 0.25) is 5.91 Å². The van der Waals surface area contributed by atoms with Crippen LogP contribution in [-0.2, 0) is 4.79 Å². The molecule has 1 amide bonds. The van der Waals surface area contributed by atoms with Crippen molar-refractivity contribution < 1.29 is 19.0 Å². The van der Waals surface area contributed by atoms with Crippen molar-refractivity contribution in [3.8, 4) is 5.75 Å². The summed E-state index contributed by atoms with van der Waals surface area (Å²) >= 11 is 0. The Morgan fingerprint density at radius 3 is 2.68 bits per heavy atom. The summed E-state index contributed by atoms with van der Waals surface area (Å²) in [4.78, 5) is 11.5. The zero-order chi connectivity index (χ0) is 14.1. The number of aliphatic hydroxyl groups excluding tert-OH is 1. The lowest BCUT2D eigenvalue weighted by molar-refractivity contribution is -0.122. The lowest BCUT2D eigenvalue weighted by atomic mass is 10.2. The minimum absolute atomic E-state index is 0.0473. The van der Waals surface area contributed by atoms with Gasteiger partial charge in [0.25, 0.3) is 0 Å². The van der Waals surface area contributed by atoms with Crippen molar-refractivity contribution in [2.45, 2.75) is 32.2 Å².